The summed E-state index contributed by atoms with van der Waals surface area (Å²) in [5.41, 5.74) is -0.427. The first-order valence-corrected chi connectivity index (χ1v) is 10.7. The highest BCUT2D eigenvalue weighted by Crippen LogP contribution is 2.33. The summed E-state index contributed by atoms with van der Waals surface area (Å²) >= 11 is 6.43. The molecule has 2 heterocycles. The maximum absolute atomic E-state index is 12.9. The SMILES string of the molecule is C=COC(=O)N1CCC(C(=O)O)(N(CCc2c(Cl)cnc3ccc(OC)cc23)C(=O)OC=C)C1. The highest BCUT2D eigenvalue weighted by molar-refractivity contribution is 6.32. The van der Waals surface area contributed by atoms with Crippen molar-refractivity contribution < 1.29 is 33.7 Å². The number of aliphatic carboxylic acids is 1. The molecule has 34 heavy (non-hydrogen) atoms. The number of benzene rings is 1. The van der Waals surface area contributed by atoms with Crippen LogP contribution in [0, 0.1) is 0 Å². The number of nitrogens with zero attached hydrogens (tertiary/aromatic N) is 3. The summed E-state index contributed by atoms with van der Waals surface area (Å²) in [5.74, 6) is -0.690. The van der Waals surface area contributed by atoms with Crippen molar-refractivity contribution in [1.82, 2.24) is 14.8 Å². The number of likely N-dealkylation sites (tertiary alicyclic amines) is 1. The number of fused-ring (bicyclic) bond motifs is 1. The van der Waals surface area contributed by atoms with Crippen LogP contribution >= 0.6 is 11.6 Å². The molecule has 0 bridgehead atoms. The number of carbonyl (C=O) groups is 3. The summed E-state index contributed by atoms with van der Waals surface area (Å²) in [6.45, 7) is 6.41. The number of pyridine rings is 1. The summed E-state index contributed by atoms with van der Waals surface area (Å²) in [4.78, 5) is 44.1. The summed E-state index contributed by atoms with van der Waals surface area (Å²) in [6.07, 6.45) is 1.85. The molecular weight excluding hydrogens is 466 g/mol. The molecule has 10 nitrogen and oxygen atoms in total. The van der Waals surface area contributed by atoms with Gasteiger partial charge in [-0.2, -0.15) is 0 Å². The van der Waals surface area contributed by atoms with Gasteiger partial charge in [0.2, 0.25) is 0 Å². The molecule has 1 aliphatic rings. The number of carboxylic acid groups (broad SMARTS) is 1. The molecule has 2 amide bonds. The minimum Gasteiger partial charge on any atom is -0.497 e. The molecule has 0 aliphatic carbocycles. The van der Waals surface area contributed by atoms with Crippen LogP contribution in [-0.2, 0) is 20.7 Å². The van der Waals surface area contributed by atoms with Crippen LogP contribution in [0.15, 0.2) is 50.1 Å². The molecule has 1 aromatic carbocycles. The van der Waals surface area contributed by atoms with Crippen LogP contribution in [0.1, 0.15) is 12.0 Å². The van der Waals surface area contributed by atoms with Crippen molar-refractivity contribution in [2.75, 3.05) is 26.7 Å². The van der Waals surface area contributed by atoms with E-state index in [2.05, 4.69) is 18.1 Å². The third-order valence-electron chi connectivity index (χ3n) is 5.73. The van der Waals surface area contributed by atoms with E-state index in [9.17, 15) is 19.5 Å². The second-order valence-electron chi connectivity index (χ2n) is 7.48. The second-order valence-corrected chi connectivity index (χ2v) is 7.89. The van der Waals surface area contributed by atoms with Crippen LogP contribution in [0.4, 0.5) is 9.59 Å². The number of ether oxygens (including phenoxy) is 3. The number of methoxy groups -OCH3 is 1. The van der Waals surface area contributed by atoms with Gasteiger partial charge in [0, 0.05) is 31.1 Å². The van der Waals surface area contributed by atoms with Crippen molar-refractivity contribution in [3.8, 4) is 5.75 Å². The molecule has 0 radical (unpaired) electrons. The van der Waals surface area contributed by atoms with Crippen molar-refractivity contribution in [2.24, 2.45) is 0 Å². The number of hydrogen-bond acceptors (Lipinski definition) is 7. The van der Waals surface area contributed by atoms with E-state index in [4.69, 9.17) is 25.8 Å². The molecule has 1 aromatic heterocycles. The van der Waals surface area contributed by atoms with Crippen molar-refractivity contribution in [1.29, 1.82) is 0 Å². The third-order valence-corrected chi connectivity index (χ3v) is 6.05. The van der Waals surface area contributed by atoms with Crippen molar-refractivity contribution in [2.45, 2.75) is 18.4 Å². The second kappa shape index (κ2) is 10.4. The number of carbonyl (C=O) groups excluding carboxylic acids is 2. The van der Waals surface area contributed by atoms with E-state index in [0.29, 0.717) is 27.2 Å². The van der Waals surface area contributed by atoms with E-state index in [0.717, 1.165) is 17.4 Å². The van der Waals surface area contributed by atoms with E-state index < -0.39 is 23.7 Å². The predicted molar refractivity (Wildman–Crippen MR) is 124 cm³/mol. The maximum atomic E-state index is 12.9. The van der Waals surface area contributed by atoms with Crippen LogP contribution in [0.3, 0.4) is 0 Å². The average molecular weight is 490 g/mol. The fourth-order valence-corrected chi connectivity index (χ4v) is 4.27. The lowest BCUT2D eigenvalue weighted by molar-refractivity contribution is -0.149. The van der Waals surface area contributed by atoms with E-state index in [1.54, 1.807) is 18.2 Å². The molecule has 1 aliphatic heterocycles. The first-order valence-electron chi connectivity index (χ1n) is 10.3. The molecule has 0 saturated carbocycles. The van der Waals surface area contributed by atoms with Crippen molar-refractivity contribution >= 4 is 40.7 Å². The molecular formula is C23H24ClN3O7. The van der Waals surface area contributed by atoms with Gasteiger partial charge in [-0.1, -0.05) is 24.8 Å². The van der Waals surface area contributed by atoms with Crippen LogP contribution < -0.4 is 4.74 Å². The number of hydrogen-bond donors (Lipinski definition) is 1. The van der Waals surface area contributed by atoms with Gasteiger partial charge in [-0.3, -0.25) is 9.88 Å². The molecule has 0 spiro atoms. The van der Waals surface area contributed by atoms with Gasteiger partial charge in [0.25, 0.3) is 0 Å². The minimum absolute atomic E-state index is 0.0283. The Balaban J connectivity index is 1.98. The van der Waals surface area contributed by atoms with E-state index in [1.807, 2.05) is 0 Å². The molecule has 1 unspecified atom stereocenters. The molecule has 1 saturated heterocycles. The van der Waals surface area contributed by atoms with Crippen molar-refractivity contribution in [3.63, 3.8) is 0 Å². The molecule has 1 atom stereocenters. The molecule has 3 rings (SSSR count). The van der Waals surface area contributed by atoms with Gasteiger partial charge in [-0.15, -0.1) is 0 Å². The Hall–Kier alpha value is -3.79. The monoisotopic (exact) mass is 489 g/mol. The Labute approximate surface area is 200 Å². The average Bonchev–Trinajstić information content (AvgIpc) is 3.27. The number of halogens is 1. The van der Waals surface area contributed by atoms with Gasteiger partial charge in [0.1, 0.15) is 5.75 Å². The Bertz CT molecular complexity index is 1140. The fourth-order valence-electron chi connectivity index (χ4n) is 4.03. The molecule has 2 aromatic rings. The van der Waals surface area contributed by atoms with Gasteiger partial charge in [0.05, 0.1) is 36.7 Å². The molecule has 180 valence electrons. The number of amides is 2. The number of aromatic nitrogens is 1. The molecule has 11 heteroatoms. The van der Waals surface area contributed by atoms with Crippen LogP contribution in [0.25, 0.3) is 10.9 Å². The van der Waals surface area contributed by atoms with Crippen LogP contribution in [0.2, 0.25) is 5.02 Å². The Morgan fingerprint density at radius 3 is 2.68 bits per heavy atom. The fraction of sp³-hybridized carbons (Fsp3) is 0.304. The van der Waals surface area contributed by atoms with Gasteiger partial charge < -0.3 is 24.2 Å². The normalized spacial score (nSPS) is 17.2. The zero-order valence-electron chi connectivity index (χ0n) is 18.5. The largest absolute Gasteiger partial charge is 0.497 e. The Kier molecular flexibility index (Phi) is 7.62. The smallest absolute Gasteiger partial charge is 0.415 e. The zero-order valence-corrected chi connectivity index (χ0v) is 19.3. The van der Waals surface area contributed by atoms with Crippen LogP contribution in [-0.4, -0.2) is 70.3 Å². The number of rotatable bonds is 8. The highest BCUT2D eigenvalue weighted by Gasteiger charge is 2.53. The molecule has 1 N–H and O–H groups in total. The lowest BCUT2D eigenvalue weighted by Gasteiger charge is -2.36. The Morgan fingerprint density at radius 1 is 1.29 bits per heavy atom. The molecule has 1 fully saturated rings. The summed E-state index contributed by atoms with van der Waals surface area (Å²) in [7, 11) is 1.53. The van der Waals surface area contributed by atoms with E-state index in [-0.39, 0.29) is 32.5 Å². The predicted octanol–water partition coefficient (Wildman–Crippen LogP) is 3.83. The third kappa shape index (κ3) is 4.76. The topological polar surface area (TPSA) is 119 Å². The first kappa shape index (κ1) is 24.8. The Morgan fingerprint density at radius 2 is 2.03 bits per heavy atom. The summed E-state index contributed by atoms with van der Waals surface area (Å²) < 4.78 is 15.0. The lowest BCUT2D eigenvalue weighted by atomic mass is 9.95. The lowest BCUT2D eigenvalue weighted by Crippen LogP contribution is -2.59. The number of carboxylic acids is 1. The van der Waals surface area contributed by atoms with Gasteiger partial charge in [0.15, 0.2) is 5.54 Å². The summed E-state index contributed by atoms with van der Waals surface area (Å²) in [6, 6.07) is 5.30. The highest BCUT2D eigenvalue weighted by atomic mass is 35.5. The van der Waals surface area contributed by atoms with Gasteiger partial charge in [-0.25, -0.2) is 14.4 Å². The summed E-state index contributed by atoms with van der Waals surface area (Å²) in [5, 5.41) is 11.2. The van der Waals surface area contributed by atoms with E-state index >= 15 is 0 Å². The van der Waals surface area contributed by atoms with Gasteiger partial charge >= 0.3 is 18.2 Å². The van der Waals surface area contributed by atoms with Gasteiger partial charge in [-0.05, 0) is 30.2 Å². The standard InChI is InChI=1S/C23H24ClN3O7/c1-4-33-21(30)26-11-9-23(14-26,20(28)29)27(22(31)34-5-2)10-8-16-17-12-15(32-3)6-7-19(17)25-13-18(16)24/h4-7,12-13H,1-2,8-11,14H2,3H3,(H,28,29). The van der Waals surface area contributed by atoms with Crippen molar-refractivity contribution in [3.05, 3.63) is 60.7 Å². The zero-order chi connectivity index (χ0) is 24.9. The maximum Gasteiger partial charge on any atom is 0.415 e. The quantitative estimate of drug-likeness (QED) is 0.556. The first-order chi connectivity index (χ1) is 16.3. The minimum atomic E-state index is -1.74. The van der Waals surface area contributed by atoms with E-state index in [1.165, 1.54) is 18.2 Å². The van der Waals surface area contributed by atoms with Crippen LogP contribution in [0.5, 0.6) is 5.75 Å².